The molecule has 0 saturated heterocycles. The quantitative estimate of drug-likeness (QED) is 0.259. The van der Waals surface area contributed by atoms with Crippen LogP contribution in [0.2, 0.25) is 0 Å². The first-order valence-corrected chi connectivity index (χ1v) is 11.1. The number of carbonyl (C=O) groups is 1. The monoisotopic (exact) mass is 419 g/mol. The van der Waals surface area contributed by atoms with Crippen LogP contribution < -0.4 is 9.64 Å². The highest BCUT2D eigenvalue weighted by atomic mass is 16.5. The molecule has 0 atom stereocenters. The molecule has 5 rings (SSSR count). The molecule has 158 valence electrons. The van der Waals surface area contributed by atoms with Gasteiger partial charge in [0.2, 0.25) is 0 Å². The van der Waals surface area contributed by atoms with Gasteiger partial charge in [-0.25, -0.2) is 0 Å². The fourth-order valence-electron chi connectivity index (χ4n) is 4.16. The molecule has 0 aliphatic carbocycles. The third-order valence-electron chi connectivity index (χ3n) is 5.81. The Balaban J connectivity index is 1.56. The summed E-state index contributed by atoms with van der Waals surface area (Å²) >= 11 is 0. The summed E-state index contributed by atoms with van der Waals surface area (Å²) in [4.78, 5) is 14.8. The molecule has 0 amide bonds. The average molecular weight is 420 g/mol. The van der Waals surface area contributed by atoms with E-state index in [2.05, 4.69) is 54.3 Å². The molecule has 3 nitrogen and oxygen atoms in total. The summed E-state index contributed by atoms with van der Waals surface area (Å²) in [6, 6.07) is 32.6. The highest BCUT2D eigenvalue weighted by Gasteiger charge is 2.25. The molecule has 1 aliphatic rings. The molecule has 0 N–H and O–H groups in total. The van der Waals surface area contributed by atoms with Gasteiger partial charge in [0, 0.05) is 17.7 Å². The average Bonchev–Trinajstić information content (AvgIpc) is 2.86. The molecular weight excluding hydrogens is 394 g/mol. The van der Waals surface area contributed by atoms with Crippen molar-refractivity contribution < 1.29 is 9.53 Å². The molecule has 1 aliphatic heterocycles. The van der Waals surface area contributed by atoms with Crippen LogP contribution in [0.4, 0.5) is 17.1 Å². The van der Waals surface area contributed by atoms with E-state index in [9.17, 15) is 4.79 Å². The van der Waals surface area contributed by atoms with Gasteiger partial charge < -0.3 is 9.64 Å². The van der Waals surface area contributed by atoms with Crippen LogP contribution in [0.1, 0.15) is 36.5 Å². The topological polar surface area (TPSA) is 29.5 Å². The van der Waals surface area contributed by atoms with Crippen molar-refractivity contribution in [3.63, 3.8) is 0 Å². The standard InChI is InChI=1S/C29H25NO2/c1-2-3-16-27(31)23-12-8-10-21(19-23)22-11-9-13-24(20-22)30-25-14-4-6-17-28(25)32-29-18-7-5-15-26(29)30/h4-15,17-20H,2-3,16H2,1H3. The van der Waals surface area contributed by atoms with Crippen molar-refractivity contribution >= 4 is 22.8 Å². The smallest absolute Gasteiger partial charge is 0.162 e. The second-order valence-corrected chi connectivity index (χ2v) is 8.03. The number of nitrogens with zero attached hydrogens (tertiary/aromatic N) is 1. The molecule has 32 heavy (non-hydrogen) atoms. The Morgan fingerprint density at radius 2 is 1.38 bits per heavy atom. The molecule has 0 aromatic heterocycles. The van der Waals surface area contributed by atoms with Gasteiger partial charge in [0.05, 0.1) is 11.4 Å². The van der Waals surface area contributed by atoms with E-state index in [0.29, 0.717) is 6.42 Å². The van der Waals surface area contributed by atoms with Crippen LogP contribution in [-0.2, 0) is 0 Å². The zero-order valence-corrected chi connectivity index (χ0v) is 18.1. The van der Waals surface area contributed by atoms with E-state index >= 15 is 0 Å². The molecule has 3 heteroatoms. The second-order valence-electron chi connectivity index (χ2n) is 8.03. The first-order chi connectivity index (χ1) is 15.7. The number of carbonyl (C=O) groups excluding carboxylic acids is 1. The molecule has 0 radical (unpaired) electrons. The number of anilines is 3. The van der Waals surface area contributed by atoms with Crippen molar-refractivity contribution in [1.29, 1.82) is 0 Å². The van der Waals surface area contributed by atoms with E-state index < -0.39 is 0 Å². The van der Waals surface area contributed by atoms with E-state index in [-0.39, 0.29) is 5.78 Å². The maximum atomic E-state index is 12.6. The number of hydrogen-bond acceptors (Lipinski definition) is 3. The number of benzene rings is 4. The first kappa shape index (κ1) is 20.1. The van der Waals surface area contributed by atoms with E-state index in [0.717, 1.165) is 58.1 Å². The zero-order valence-electron chi connectivity index (χ0n) is 18.1. The van der Waals surface area contributed by atoms with Crippen molar-refractivity contribution in [2.45, 2.75) is 26.2 Å². The first-order valence-electron chi connectivity index (χ1n) is 11.1. The Bertz CT molecular complexity index is 1230. The van der Waals surface area contributed by atoms with Crippen molar-refractivity contribution in [3.8, 4) is 22.6 Å². The lowest BCUT2D eigenvalue weighted by atomic mass is 9.98. The number of ketones is 1. The van der Waals surface area contributed by atoms with Crippen molar-refractivity contribution in [2.24, 2.45) is 0 Å². The van der Waals surface area contributed by atoms with Gasteiger partial charge in [0.15, 0.2) is 17.3 Å². The summed E-state index contributed by atoms with van der Waals surface area (Å²) < 4.78 is 6.14. The van der Waals surface area contributed by atoms with Gasteiger partial charge in [0.1, 0.15) is 0 Å². The van der Waals surface area contributed by atoms with Crippen LogP contribution in [-0.4, -0.2) is 5.78 Å². The lowest BCUT2D eigenvalue weighted by Gasteiger charge is -2.33. The van der Waals surface area contributed by atoms with E-state index in [1.807, 2.05) is 54.6 Å². The summed E-state index contributed by atoms with van der Waals surface area (Å²) in [5.41, 5.74) is 5.97. The minimum Gasteiger partial charge on any atom is -0.453 e. The van der Waals surface area contributed by atoms with Crippen molar-refractivity contribution in [2.75, 3.05) is 4.90 Å². The summed E-state index contributed by atoms with van der Waals surface area (Å²) in [7, 11) is 0. The van der Waals surface area contributed by atoms with Crippen molar-refractivity contribution in [1.82, 2.24) is 0 Å². The van der Waals surface area contributed by atoms with E-state index in [1.165, 1.54) is 0 Å². The Kier molecular flexibility index (Phi) is 5.47. The largest absolute Gasteiger partial charge is 0.453 e. The molecule has 0 unspecified atom stereocenters. The van der Waals surface area contributed by atoms with Gasteiger partial charge >= 0.3 is 0 Å². The molecule has 0 bridgehead atoms. The summed E-state index contributed by atoms with van der Waals surface area (Å²) in [5.74, 6) is 1.88. The van der Waals surface area contributed by atoms with Crippen LogP contribution in [0.3, 0.4) is 0 Å². The molecule has 0 saturated carbocycles. The lowest BCUT2D eigenvalue weighted by Crippen LogP contribution is -2.15. The maximum absolute atomic E-state index is 12.6. The van der Waals surface area contributed by atoms with Crippen LogP contribution >= 0.6 is 0 Å². The zero-order chi connectivity index (χ0) is 21.9. The van der Waals surface area contributed by atoms with Gasteiger partial charge in [-0.2, -0.15) is 0 Å². The normalized spacial score (nSPS) is 12.0. The summed E-state index contributed by atoms with van der Waals surface area (Å²) in [6.07, 6.45) is 2.55. The maximum Gasteiger partial charge on any atom is 0.162 e. The molecule has 0 fully saturated rings. The second kappa shape index (κ2) is 8.72. The van der Waals surface area contributed by atoms with E-state index in [1.54, 1.807) is 0 Å². The fourth-order valence-corrected chi connectivity index (χ4v) is 4.16. The molecule has 4 aromatic carbocycles. The molecular formula is C29H25NO2. The van der Waals surface area contributed by atoms with Crippen LogP contribution in [0.15, 0.2) is 97.1 Å². The summed E-state index contributed by atoms with van der Waals surface area (Å²) in [6.45, 7) is 2.11. The van der Waals surface area contributed by atoms with Crippen LogP contribution in [0.5, 0.6) is 11.5 Å². The third-order valence-corrected chi connectivity index (χ3v) is 5.81. The minimum absolute atomic E-state index is 0.209. The minimum atomic E-state index is 0.209. The highest BCUT2D eigenvalue weighted by molar-refractivity contribution is 5.97. The summed E-state index contributed by atoms with van der Waals surface area (Å²) in [5, 5.41) is 0. The number of hydrogen-bond donors (Lipinski definition) is 0. The lowest BCUT2D eigenvalue weighted by molar-refractivity contribution is 0.0980. The fraction of sp³-hybridized carbons (Fsp3) is 0.138. The van der Waals surface area contributed by atoms with Gasteiger partial charge in [-0.3, -0.25) is 4.79 Å². The third kappa shape index (κ3) is 3.78. The number of Topliss-reactive ketones (excluding diaryl/α,β-unsaturated/α-hetero) is 1. The number of ether oxygens (including phenoxy) is 1. The Morgan fingerprint density at radius 1 is 0.750 bits per heavy atom. The van der Waals surface area contributed by atoms with Gasteiger partial charge in [-0.1, -0.05) is 67.9 Å². The van der Waals surface area contributed by atoms with Gasteiger partial charge in [-0.05, 0) is 60.0 Å². The Morgan fingerprint density at radius 3 is 2.06 bits per heavy atom. The molecule has 0 spiro atoms. The van der Waals surface area contributed by atoms with Crippen LogP contribution in [0.25, 0.3) is 11.1 Å². The van der Waals surface area contributed by atoms with Crippen molar-refractivity contribution in [3.05, 3.63) is 103 Å². The Hall–Kier alpha value is -3.85. The Labute approximate surface area is 188 Å². The highest BCUT2D eigenvalue weighted by Crippen LogP contribution is 2.50. The van der Waals surface area contributed by atoms with E-state index in [4.69, 9.17) is 4.74 Å². The molecule has 1 heterocycles. The predicted molar refractivity (Wildman–Crippen MR) is 130 cm³/mol. The predicted octanol–water partition coefficient (Wildman–Crippen LogP) is 8.30. The number of para-hydroxylation sites is 4. The number of fused-ring (bicyclic) bond motifs is 2. The molecule has 4 aromatic rings. The number of rotatable bonds is 6. The SMILES string of the molecule is CCCCC(=O)c1cccc(-c2cccc(N3c4ccccc4Oc4ccccc43)c2)c1. The van der Waals surface area contributed by atoms with Gasteiger partial charge in [0.25, 0.3) is 0 Å². The number of unbranched alkanes of at least 4 members (excludes halogenated alkanes) is 1. The van der Waals surface area contributed by atoms with Gasteiger partial charge in [-0.15, -0.1) is 0 Å². The van der Waals surface area contributed by atoms with Crippen LogP contribution in [0, 0.1) is 0 Å².